The second kappa shape index (κ2) is 5.74. The van der Waals surface area contributed by atoms with Crippen molar-refractivity contribution >= 4 is 22.4 Å². The quantitative estimate of drug-likeness (QED) is 0.741. The predicted octanol–water partition coefficient (Wildman–Crippen LogP) is 2.46. The summed E-state index contributed by atoms with van der Waals surface area (Å²) in [5, 5.41) is 14.9. The molecule has 2 aromatic carbocycles. The Morgan fingerprint density at radius 3 is 2.52 bits per heavy atom. The average molecular weight is 284 g/mol. The van der Waals surface area contributed by atoms with Gasteiger partial charge in [-0.05, 0) is 35.7 Å². The Kier molecular flexibility index (Phi) is 3.80. The van der Waals surface area contributed by atoms with Crippen LogP contribution in [0.4, 0.5) is 5.69 Å². The molecule has 21 heavy (non-hydrogen) atoms. The van der Waals surface area contributed by atoms with Gasteiger partial charge in [-0.1, -0.05) is 37.1 Å². The summed E-state index contributed by atoms with van der Waals surface area (Å²) in [6.45, 7) is 0. The van der Waals surface area contributed by atoms with Crippen molar-refractivity contribution in [1.29, 1.82) is 0 Å². The third-order valence-electron chi connectivity index (χ3n) is 4.21. The molecule has 110 valence electrons. The number of hydrogen-bond acceptors (Lipinski definition) is 3. The van der Waals surface area contributed by atoms with Crippen LogP contribution in [0.3, 0.4) is 0 Å². The van der Waals surface area contributed by atoms with Crippen molar-refractivity contribution < 1.29 is 9.90 Å². The largest absolute Gasteiger partial charge is 0.398 e. The lowest BCUT2D eigenvalue weighted by Gasteiger charge is -2.28. The monoisotopic (exact) mass is 284 g/mol. The van der Waals surface area contributed by atoms with Crippen molar-refractivity contribution in [3.8, 4) is 0 Å². The highest BCUT2D eigenvalue weighted by molar-refractivity contribution is 6.04. The molecule has 4 nitrogen and oxygen atoms in total. The Morgan fingerprint density at radius 1 is 1.14 bits per heavy atom. The number of carbonyl (C=O) groups excluding carboxylic acids is 1. The highest BCUT2D eigenvalue weighted by atomic mass is 16.3. The van der Waals surface area contributed by atoms with Crippen molar-refractivity contribution in [1.82, 2.24) is 5.32 Å². The summed E-state index contributed by atoms with van der Waals surface area (Å²) in [5.41, 5.74) is 6.95. The van der Waals surface area contributed by atoms with E-state index < -0.39 is 6.10 Å². The lowest BCUT2D eigenvalue weighted by molar-refractivity contribution is 0.0718. The summed E-state index contributed by atoms with van der Waals surface area (Å²) in [6, 6.07) is 11.3. The van der Waals surface area contributed by atoms with Crippen LogP contribution in [0.2, 0.25) is 0 Å². The number of hydrogen-bond donors (Lipinski definition) is 3. The molecule has 2 unspecified atom stereocenters. The van der Waals surface area contributed by atoms with Crippen LogP contribution in [-0.2, 0) is 0 Å². The topological polar surface area (TPSA) is 75.4 Å². The molecular formula is C17H20N2O2. The van der Waals surface area contributed by atoms with Crippen LogP contribution in [0, 0.1) is 0 Å². The number of nitrogen functional groups attached to an aromatic ring is 1. The van der Waals surface area contributed by atoms with E-state index in [2.05, 4.69) is 5.32 Å². The summed E-state index contributed by atoms with van der Waals surface area (Å²) in [6.07, 6.45) is 3.17. The molecule has 1 amide bonds. The first-order chi connectivity index (χ1) is 10.1. The van der Waals surface area contributed by atoms with E-state index in [1.807, 2.05) is 36.4 Å². The molecule has 4 heteroatoms. The lowest BCUT2D eigenvalue weighted by atomic mass is 9.92. The minimum atomic E-state index is -0.454. The Morgan fingerprint density at radius 2 is 1.81 bits per heavy atom. The number of nitrogens with two attached hydrogens (primary N) is 1. The van der Waals surface area contributed by atoms with Crippen molar-refractivity contribution in [3.05, 3.63) is 42.0 Å². The number of aliphatic hydroxyl groups excluding tert-OH is 1. The Bertz CT molecular complexity index is 669. The minimum Gasteiger partial charge on any atom is -0.398 e. The van der Waals surface area contributed by atoms with Gasteiger partial charge in [-0.3, -0.25) is 4.79 Å². The second-order valence-corrected chi connectivity index (χ2v) is 5.72. The Labute approximate surface area is 124 Å². The highest BCUT2D eigenvalue weighted by Crippen LogP contribution is 2.23. The Balaban J connectivity index is 1.85. The van der Waals surface area contributed by atoms with Crippen LogP contribution in [0.1, 0.15) is 36.0 Å². The van der Waals surface area contributed by atoms with Gasteiger partial charge in [0.2, 0.25) is 0 Å². The van der Waals surface area contributed by atoms with E-state index in [1.165, 1.54) is 0 Å². The van der Waals surface area contributed by atoms with Gasteiger partial charge in [0, 0.05) is 5.69 Å². The molecule has 1 aliphatic rings. The molecule has 2 aromatic rings. The fourth-order valence-corrected chi connectivity index (χ4v) is 2.98. The van der Waals surface area contributed by atoms with Gasteiger partial charge in [0.05, 0.1) is 17.7 Å². The molecule has 0 aliphatic heterocycles. The normalized spacial score (nSPS) is 22.1. The maximum absolute atomic E-state index is 12.4. The standard InChI is InChI=1S/C17H20N2O2/c18-14-10-12-6-2-1-5-11(12)9-13(14)17(21)19-15-7-3-4-8-16(15)20/h1-2,5-6,9-10,15-16,20H,3-4,7-8,18H2,(H,19,21). The van der Waals surface area contributed by atoms with Crippen molar-refractivity contribution in [2.24, 2.45) is 0 Å². The number of amides is 1. The summed E-state index contributed by atoms with van der Waals surface area (Å²) < 4.78 is 0. The molecule has 4 N–H and O–H groups in total. The van der Waals surface area contributed by atoms with Crippen molar-refractivity contribution in [2.75, 3.05) is 5.73 Å². The summed E-state index contributed by atoms with van der Waals surface area (Å²) >= 11 is 0. The first kappa shape index (κ1) is 13.9. The van der Waals surface area contributed by atoms with Gasteiger partial charge >= 0.3 is 0 Å². The van der Waals surface area contributed by atoms with E-state index in [0.29, 0.717) is 11.3 Å². The predicted molar refractivity (Wildman–Crippen MR) is 84.1 cm³/mol. The van der Waals surface area contributed by atoms with Gasteiger partial charge in [0.25, 0.3) is 5.91 Å². The van der Waals surface area contributed by atoms with Crippen LogP contribution in [0.25, 0.3) is 10.8 Å². The SMILES string of the molecule is Nc1cc2ccccc2cc1C(=O)NC1CCCCC1O. The molecule has 2 atom stereocenters. The fourth-order valence-electron chi connectivity index (χ4n) is 2.98. The van der Waals surface area contributed by atoms with Gasteiger partial charge in [-0.15, -0.1) is 0 Å². The third kappa shape index (κ3) is 2.85. The molecule has 0 heterocycles. The Hall–Kier alpha value is -2.07. The van der Waals surface area contributed by atoms with Gasteiger partial charge in [0.15, 0.2) is 0 Å². The maximum atomic E-state index is 12.4. The van der Waals surface area contributed by atoms with E-state index in [0.717, 1.165) is 36.5 Å². The van der Waals surface area contributed by atoms with Crippen LogP contribution < -0.4 is 11.1 Å². The van der Waals surface area contributed by atoms with Crippen molar-refractivity contribution in [3.63, 3.8) is 0 Å². The lowest BCUT2D eigenvalue weighted by Crippen LogP contribution is -2.45. The number of anilines is 1. The third-order valence-corrected chi connectivity index (χ3v) is 4.21. The van der Waals surface area contributed by atoms with Crippen molar-refractivity contribution in [2.45, 2.75) is 37.8 Å². The molecule has 0 aromatic heterocycles. The van der Waals surface area contributed by atoms with E-state index in [-0.39, 0.29) is 11.9 Å². The molecular weight excluding hydrogens is 264 g/mol. The smallest absolute Gasteiger partial charge is 0.253 e. The number of nitrogens with one attached hydrogen (secondary N) is 1. The summed E-state index contributed by atoms with van der Waals surface area (Å²) in [7, 11) is 0. The van der Waals surface area contributed by atoms with Gasteiger partial charge in [-0.25, -0.2) is 0 Å². The molecule has 0 saturated heterocycles. The number of aliphatic hydroxyl groups is 1. The molecule has 0 radical (unpaired) electrons. The van der Waals surface area contributed by atoms with E-state index in [1.54, 1.807) is 0 Å². The van der Waals surface area contributed by atoms with Crippen LogP contribution >= 0.6 is 0 Å². The van der Waals surface area contributed by atoms with Gasteiger partial charge < -0.3 is 16.2 Å². The van der Waals surface area contributed by atoms with Crippen LogP contribution in [0.5, 0.6) is 0 Å². The zero-order valence-corrected chi connectivity index (χ0v) is 11.9. The number of rotatable bonds is 2. The second-order valence-electron chi connectivity index (χ2n) is 5.72. The molecule has 0 bridgehead atoms. The van der Waals surface area contributed by atoms with Gasteiger partial charge in [-0.2, -0.15) is 0 Å². The van der Waals surface area contributed by atoms with E-state index >= 15 is 0 Å². The summed E-state index contributed by atoms with van der Waals surface area (Å²) in [4.78, 5) is 12.4. The molecule has 1 fully saturated rings. The van der Waals surface area contributed by atoms with E-state index in [9.17, 15) is 9.90 Å². The number of fused-ring (bicyclic) bond motifs is 1. The summed E-state index contributed by atoms with van der Waals surface area (Å²) in [5.74, 6) is -0.204. The molecule has 3 rings (SSSR count). The highest BCUT2D eigenvalue weighted by Gasteiger charge is 2.25. The zero-order chi connectivity index (χ0) is 14.8. The van der Waals surface area contributed by atoms with E-state index in [4.69, 9.17) is 5.73 Å². The fraction of sp³-hybridized carbons (Fsp3) is 0.353. The molecule has 0 spiro atoms. The molecule has 1 aliphatic carbocycles. The first-order valence-electron chi connectivity index (χ1n) is 7.42. The maximum Gasteiger partial charge on any atom is 0.253 e. The number of carbonyl (C=O) groups is 1. The number of benzene rings is 2. The average Bonchev–Trinajstić information content (AvgIpc) is 2.49. The van der Waals surface area contributed by atoms with Crippen LogP contribution in [0.15, 0.2) is 36.4 Å². The zero-order valence-electron chi connectivity index (χ0n) is 11.9. The minimum absolute atomic E-state index is 0.169. The van der Waals surface area contributed by atoms with Gasteiger partial charge in [0.1, 0.15) is 0 Å². The first-order valence-corrected chi connectivity index (χ1v) is 7.42. The molecule has 1 saturated carbocycles. The van der Waals surface area contributed by atoms with Crippen LogP contribution in [-0.4, -0.2) is 23.2 Å².